The van der Waals surface area contributed by atoms with E-state index < -0.39 is 85.4 Å². The van der Waals surface area contributed by atoms with Gasteiger partial charge in [0.1, 0.15) is 45.9 Å². The van der Waals surface area contributed by atoms with Crippen LogP contribution in [0.3, 0.4) is 0 Å². The van der Waals surface area contributed by atoms with E-state index in [1.165, 1.54) is 35.8 Å². The summed E-state index contributed by atoms with van der Waals surface area (Å²) in [6, 6.07) is 6.41. The number of carbonyl (C=O) groups is 4. The third kappa shape index (κ3) is 8.47. The molecular weight excluding hydrogens is 788 g/mol. The van der Waals surface area contributed by atoms with Gasteiger partial charge in [-0.05, 0) is 48.9 Å². The molecule has 2 aromatic carbocycles. The summed E-state index contributed by atoms with van der Waals surface area (Å²) in [5, 5.41) is 77.9. The molecule has 2 aliphatic carbocycles. The maximum atomic E-state index is 12.2. The number of hydrogen-bond acceptors (Lipinski definition) is 16. The number of aliphatic hydroxyl groups excluding tert-OH is 2. The zero-order valence-corrected chi connectivity index (χ0v) is 36.5. The molecule has 4 aliphatic heterocycles. The first-order valence-electron chi connectivity index (χ1n) is 18.2. The number of carbonyl (C=O) groups excluding carboxylic acids is 2. The number of aliphatic hydroxyl groups is 2. The normalized spacial score (nSPS) is 25.9. The van der Waals surface area contributed by atoms with Crippen LogP contribution in [0.1, 0.15) is 70.4 Å². The summed E-state index contributed by atoms with van der Waals surface area (Å²) in [6.45, 7) is -3.57. The summed E-state index contributed by atoms with van der Waals surface area (Å²) in [5.41, 5.74) is 9.42. The Kier molecular flexibility index (Phi) is 13.0. The van der Waals surface area contributed by atoms with E-state index in [2.05, 4.69) is 0 Å². The third-order valence-corrected chi connectivity index (χ3v) is 11.4. The Balaban J connectivity index is 0.000000214. The first-order chi connectivity index (χ1) is 26.1. The van der Waals surface area contributed by atoms with Crippen LogP contribution >= 0.6 is 0 Å². The van der Waals surface area contributed by atoms with Gasteiger partial charge in [-0.1, -0.05) is 36.6 Å². The molecule has 6 aliphatic rings. The number of aromatic carboxylic acids is 2. The molecule has 2 saturated carbocycles. The van der Waals surface area contributed by atoms with Crippen molar-refractivity contribution in [2.24, 2.45) is 11.5 Å². The molecular formula is C34H44B2N4Na2O16. The van der Waals surface area contributed by atoms with Crippen LogP contribution in [0, 0.1) is 0 Å². The summed E-state index contributed by atoms with van der Waals surface area (Å²) in [7, 11) is 0. The molecule has 4 fully saturated rings. The Morgan fingerprint density at radius 3 is 1.31 bits per heavy atom. The zero-order valence-electron chi connectivity index (χ0n) is 32.5. The van der Waals surface area contributed by atoms with Crippen molar-refractivity contribution in [1.82, 2.24) is 9.80 Å². The molecule has 2 amide bonds. The molecule has 12 N–H and O–H groups in total. The van der Waals surface area contributed by atoms with Crippen LogP contribution < -0.4 is 89.4 Å². The Labute approximate surface area is 375 Å². The van der Waals surface area contributed by atoms with E-state index in [-0.39, 0.29) is 131 Å². The van der Waals surface area contributed by atoms with E-state index in [1.54, 1.807) is 12.1 Å². The molecule has 0 spiro atoms. The minimum Gasteiger partial charge on any atom is -0.669 e. The molecule has 58 heavy (non-hydrogen) atoms. The van der Waals surface area contributed by atoms with Gasteiger partial charge >= 0.3 is 84.6 Å². The van der Waals surface area contributed by atoms with Gasteiger partial charge in [-0.3, -0.25) is 9.59 Å². The Hall–Kier alpha value is -2.67. The van der Waals surface area contributed by atoms with Crippen molar-refractivity contribution in [1.29, 1.82) is 0 Å². The second kappa shape index (κ2) is 16.3. The molecule has 0 unspecified atom stereocenters. The van der Waals surface area contributed by atoms with Gasteiger partial charge in [0.2, 0.25) is 11.8 Å². The van der Waals surface area contributed by atoms with Crippen molar-refractivity contribution in [3.63, 3.8) is 0 Å². The number of likely N-dealkylation sites (tertiary alicyclic amines) is 2. The molecule has 20 nitrogen and oxygen atoms in total. The Bertz CT molecular complexity index is 1860. The van der Waals surface area contributed by atoms with Crippen LogP contribution in [0.5, 0.6) is 23.0 Å². The minimum absolute atomic E-state index is 0. The third-order valence-electron chi connectivity index (χ3n) is 11.4. The molecule has 4 heterocycles. The summed E-state index contributed by atoms with van der Waals surface area (Å²) in [4.78, 5) is 50.8. The number of carboxylic acids is 2. The van der Waals surface area contributed by atoms with Gasteiger partial charge in [-0.2, -0.15) is 0 Å². The number of carboxylic acid groups (broad SMARTS) is 2. The largest absolute Gasteiger partial charge is 1.00 e. The van der Waals surface area contributed by atoms with Crippen LogP contribution in [0.2, 0.25) is 11.6 Å². The van der Waals surface area contributed by atoms with E-state index in [0.29, 0.717) is 24.0 Å². The SMILES string of the molecule is C[C@@](N)(CO)C(=O)N1CC(Oc2ccc3c(c2C(=O)O)O[B-](O)(O)[C@H]2C[C@@H]32)C1.C[C@@](N)(CO)C(=O)N1CC(Oc2ccc3c(c2C(=O)O)O[B-](O)(O)[C@H]2C[C@@H]32)C1.[Na+].[Na+]. The van der Waals surface area contributed by atoms with Crippen molar-refractivity contribution < 1.29 is 138 Å². The van der Waals surface area contributed by atoms with E-state index >= 15 is 0 Å². The smallest absolute Gasteiger partial charge is 0.669 e. The van der Waals surface area contributed by atoms with Gasteiger partial charge in [0.15, 0.2) is 0 Å². The average Bonchev–Trinajstić information content (AvgIpc) is 4.01. The van der Waals surface area contributed by atoms with Gasteiger partial charge in [-0.15, -0.1) is 0 Å². The molecule has 2 aromatic rings. The van der Waals surface area contributed by atoms with Gasteiger partial charge in [-0.25, -0.2) is 9.59 Å². The number of rotatable bonds is 10. The standard InChI is InChI=1S/2C17H22BN2O8.2Na/c2*1-17(19,7-21)16(24)20-5-8(6-20)27-12-3-2-9-10-4-11(10)18(25,26)28-14(9)13(12)15(22)23;;/h2*2-3,8,10-11,21,25-26H,4-7,19H2,1H3,(H,22,23);;/q2*-1;2*+1/t2*10-,11-,17+;;/m00../s1. The molecule has 0 aromatic heterocycles. The number of nitrogens with zero attached hydrogens (tertiary/aromatic N) is 2. The van der Waals surface area contributed by atoms with Crippen LogP contribution in [-0.4, -0.2) is 150 Å². The van der Waals surface area contributed by atoms with E-state index in [4.69, 9.17) is 30.2 Å². The second-order valence-corrected chi connectivity index (χ2v) is 16.1. The Morgan fingerprint density at radius 1 is 0.690 bits per heavy atom. The summed E-state index contributed by atoms with van der Waals surface area (Å²) >= 11 is 0. The van der Waals surface area contributed by atoms with Crippen molar-refractivity contribution >= 4 is 37.3 Å². The van der Waals surface area contributed by atoms with Crippen LogP contribution in [0.15, 0.2) is 24.3 Å². The van der Waals surface area contributed by atoms with Crippen LogP contribution in [0.4, 0.5) is 0 Å². The molecule has 304 valence electrons. The number of fused-ring (bicyclic) bond motifs is 6. The average molecular weight is 832 g/mol. The van der Waals surface area contributed by atoms with Crippen molar-refractivity contribution in [3.05, 3.63) is 46.5 Å². The fourth-order valence-corrected chi connectivity index (χ4v) is 7.80. The predicted molar refractivity (Wildman–Crippen MR) is 192 cm³/mol. The van der Waals surface area contributed by atoms with Crippen molar-refractivity contribution in [2.45, 2.75) is 73.4 Å². The first kappa shape index (κ1) is 46.4. The zero-order chi connectivity index (χ0) is 40.9. The minimum atomic E-state index is -3.11. The van der Waals surface area contributed by atoms with Gasteiger partial charge < -0.3 is 80.6 Å². The van der Waals surface area contributed by atoms with Crippen LogP contribution in [0.25, 0.3) is 0 Å². The summed E-state index contributed by atoms with van der Waals surface area (Å²) in [5.74, 6) is -4.63. The maximum Gasteiger partial charge on any atom is 1.00 e. The summed E-state index contributed by atoms with van der Waals surface area (Å²) in [6.07, 6.45) is 0.152. The van der Waals surface area contributed by atoms with Crippen LogP contribution in [-0.2, 0) is 9.59 Å². The summed E-state index contributed by atoms with van der Waals surface area (Å²) < 4.78 is 22.0. The monoisotopic (exact) mass is 832 g/mol. The van der Waals surface area contributed by atoms with E-state index in [0.717, 1.165) is 0 Å². The fraction of sp³-hybridized carbons (Fsp3) is 0.529. The topological polar surface area (TPSA) is 326 Å². The molecule has 2 saturated heterocycles. The second-order valence-electron chi connectivity index (χ2n) is 16.1. The van der Waals surface area contributed by atoms with Gasteiger partial charge in [0, 0.05) is 0 Å². The van der Waals surface area contributed by atoms with Crippen molar-refractivity contribution in [3.8, 4) is 23.0 Å². The number of nitrogens with two attached hydrogens (primary N) is 2. The molecule has 8 rings (SSSR count). The Morgan fingerprint density at radius 2 is 1.02 bits per heavy atom. The van der Waals surface area contributed by atoms with E-state index in [9.17, 15) is 59.7 Å². The van der Waals surface area contributed by atoms with E-state index in [1.807, 2.05) is 0 Å². The van der Waals surface area contributed by atoms with Gasteiger partial charge in [0.05, 0.1) is 50.9 Å². The number of ether oxygens (including phenoxy) is 2. The molecule has 0 bridgehead atoms. The molecule has 24 heteroatoms. The first-order valence-corrected chi connectivity index (χ1v) is 18.2. The number of benzene rings is 2. The maximum absolute atomic E-state index is 12.2. The molecule has 0 radical (unpaired) electrons. The molecule has 6 atom stereocenters. The fourth-order valence-electron chi connectivity index (χ4n) is 7.80. The predicted octanol–water partition coefficient (Wildman–Crippen LogP) is -8.28. The quantitative estimate of drug-likeness (QED) is 0.0994. The van der Waals surface area contributed by atoms with Gasteiger partial charge in [0.25, 0.3) is 0 Å². The van der Waals surface area contributed by atoms with Crippen molar-refractivity contribution in [2.75, 3.05) is 39.4 Å². The number of amides is 2. The number of hydrogen-bond donors (Lipinski definition) is 10.